The molecule has 0 bridgehead atoms. The van der Waals surface area contributed by atoms with E-state index in [-0.39, 0.29) is 23.7 Å². The predicted molar refractivity (Wildman–Crippen MR) is 98.6 cm³/mol. The van der Waals surface area contributed by atoms with Crippen LogP contribution in [-0.2, 0) is 10.0 Å². The summed E-state index contributed by atoms with van der Waals surface area (Å²) in [6.45, 7) is 3.82. The lowest BCUT2D eigenvalue weighted by Crippen LogP contribution is -2.31. The van der Waals surface area contributed by atoms with Crippen molar-refractivity contribution < 1.29 is 22.0 Å². The van der Waals surface area contributed by atoms with E-state index in [1.54, 1.807) is 13.8 Å². The number of benzene rings is 2. The van der Waals surface area contributed by atoms with Gasteiger partial charge in [-0.2, -0.15) is 4.31 Å². The molecule has 0 heterocycles. The zero-order valence-corrected chi connectivity index (χ0v) is 16.5. The van der Waals surface area contributed by atoms with E-state index in [1.807, 2.05) is 0 Å². The molecule has 1 amide bonds. The van der Waals surface area contributed by atoms with Gasteiger partial charge in [0.05, 0.1) is 16.1 Å². The van der Waals surface area contributed by atoms with Crippen LogP contribution in [0.1, 0.15) is 24.2 Å². The van der Waals surface area contributed by atoms with Gasteiger partial charge in [0, 0.05) is 17.6 Å². The van der Waals surface area contributed by atoms with Crippen molar-refractivity contribution in [3.8, 4) is 0 Å². The lowest BCUT2D eigenvalue weighted by molar-refractivity contribution is 0.102. The number of anilines is 1. The largest absolute Gasteiger partial charge is 0.319 e. The highest BCUT2D eigenvalue weighted by atomic mass is 79.9. The Bertz CT molecular complexity index is 932. The van der Waals surface area contributed by atoms with Crippen LogP contribution in [0.2, 0.25) is 0 Å². The van der Waals surface area contributed by atoms with Crippen molar-refractivity contribution in [2.45, 2.75) is 18.7 Å². The molecule has 0 atom stereocenters. The van der Waals surface area contributed by atoms with E-state index in [2.05, 4.69) is 21.2 Å². The summed E-state index contributed by atoms with van der Waals surface area (Å²) >= 11 is 3.15. The van der Waals surface area contributed by atoms with Crippen LogP contribution in [0.5, 0.6) is 0 Å². The maximum atomic E-state index is 14.1. The third-order valence-corrected chi connectivity index (χ3v) is 6.24. The number of amides is 1. The van der Waals surface area contributed by atoms with Gasteiger partial charge in [-0.3, -0.25) is 4.79 Å². The van der Waals surface area contributed by atoms with Gasteiger partial charge < -0.3 is 5.32 Å². The molecular formula is C17H17BrF2N2O3S. The standard InChI is InChI=1S/C17H17BrF2N2O3S/c1-3-22(4-2)26(24,25)12-6-8-14(19)13(10-12)17(23)21-16-9-11(18)5-7-15(16)20/h5-10H,3-4H2,1-2H3,(H,21,23). The number of hydrogen-bond donors (Lipinski definition) is 1. The quantitative estimate of drug-likeness (QED) is 0.728. The normalized spacial score (nSPS) is 11.6. The molecule has 0 aliphatic heterocycles. The summed E-state index contributed by atoms with van der Waals surface area (Å²) in [5, 5.41) is 2.25. The Hall–Kier alpha value is -1.84. The summed E-state index contributed by atoms with van der Waals surface area (Å²) in [5.41, 5.74) is -0.640. The molecule has 0 unspecified atom stereocenters. The molecule has 0 saturated carbocycles. The first-order chi connectivity index (χ1) is 12.2. The summed E-state index contributed by atoms with van der Waals surface area (Å²) in [6, 6.07) is 6.86. The Morgan fingerprint density at radius 1 is 1.08 bits per heavy atom. The minimum Gasteiger partial charge on any atom is -0.319 e. The first-order valence-corrected chi connectivity index (χ1v) is 10.00. The van der Waals surface area contributed by atoms with E-state index >= 15 is 0 Å². The van der Waals surface area contributed by atoms with E-state index in [0.717, 1.165) is 24.3 Å². The van der Waals surface area contributed by atoms with Gasteiger partial charge in [0.2, 0.25) is 10.0 Å². The average Bonchev–Trinajstić information content (AvgIpc) is 2.59. The molecule has 9 heteroatoms. The van der Waals surface area contributed by atoms with Gasteiger partial charge in [0.15, 0.2) is 0 Å². The van der Waals surface area contributed by atoms with Crippen molar-refractivity contribution >= 4 is 37.5 Å². The molecule has 0 spiro atoms. The molecule has 140 valence electrons. The molecule has 0 aliphatic rings. The topological polar surface area (TPSA) is 66.5 Å². The second kappa shape index (κ2) is 8.24. The monoisotopic (exact) mass is 446 g/mol. The number of halogens is 3. The van der Waals surface area contributed by atoms with Crippen LogP contribution < -0.4 is 5.32 Å². The molecule has 2 rings (SSSR count). The number of carbonyl (C=O) groups excluding carboxylic acids is 1. The Labute approximate surface area is 159 Å². The van der Waals surface area contributed by atoms with Crippen LogP contribution in [-0.4, -0.2) is 31.7 Å². The lowest BCUT2D eigenvalue weighted by Gasteiger charge is -2.19. The number of hydrogen-bond acceptors (Lipinski definition) is 3. The summed E-state index contributed by atoms with van der Waals surface area (Å²) in [5.74, 6) is -2.55. The first kappa shape index (κ1) is 20.5. The van der Waals surface area contributed by atoms with E-state index in [9.17, 15) is 22.0 Å². The minimum atomic E-state index is -3.86. The average molecular weight is 447 g/mol. The van der Waals surface area contributed by atoms with Crippen LogP contribution >= 0.6 is 15.9 Å². The number of sulfonamides is 1. The van der Waals surface area contributed by atoms with Gasteiger partial charge in [0.25, 0.3) is 5.91 Å². The smallest absolute Gasteiger partial charge is 0.258 e. The van der Waals surface area contributed by atoms with Gasteiger partial charge in [-0.25, -0.2) is 17.2 Å². The molecule has 0 aromatic heterocycles. The van der Waals surface area contributed by atoms with Crippen LogP contribution in [0, 0.1) is 11.6 Å². The van der Waals surface area contributed by atoms with Crippen molar-refractivity contribution in [2.24, 2.45) is 0 Å². The zero-order valence-electron chi connectivity index (χ0n) is 14.1. The lowest BCUT2D eigenvalue weighted by atomic mass is 10.2. The Morgan fingerprint density at radius 3 is 2.31 bits per heavy atom. The van der Waals surface area contributed by atoms with Crippen molar-refractivity contribution in [3.63, 3.8) is 0 Å². The molecule has 0 fully saturated rings. The fourth-order valence-electron chi connectivity index (χ4n) is 2.33. The van der Waals surface area contributed by atoms with E-state index in [4.69, 9.17) is 0 Å². The predicted octanol–water partition coefficient (Wildman–Crippen LogP) is 4.01. The molecule has 1 N–H and O–H groups in total. The molecule has 0 aliphatic carbocycles. The van der Waals surface area contributed by atoms with Gasteiger partial charge in [-0.05, 0) is 36.4 Å². The van der Waals surface area contributed by atoms with E-state index < -0.39 is 33.1 Å². The molecule has 0 radical (unpaired) electrons. The zero-order chi connectivity index (χ0) is 19.5. The van der Waals surface area contributed by atoms with Crippen molar-refractivity contribution in [1.29, 1.82) is 0 Å². The SMILES string of the molecule is CCN(CC)S(=O)(=O)c1ccc(F)c(C(=O)Nc2cc(Br)ccc2F)c1. The summed E-state index contributed by atoms with van der Waals surface area (Å²) < 4.78 is 54.7. The summed E-state index contributed by atoms with van der Waals surface area (Å²) in [7, 11) is -3.86. The second-order valence-electron chi connectivity index (χ2n) is 5.31. The molecule has 26 heavy (non-hydrogen) atoms. The highest BCUT2D eigenvalue weighted by molar-refractivity contribution is 9.10. The Kier molecular flexibility index (Phi) is 6.48. The maximum absolute atomic E-state index is 14.1. The molecule has 2 aromatic carbocycles. The van der Waals surface area contributed by atoms with Crippen LogP contribution in [0.3, 0.4) is 0 Å². The maximum Gasteiger partial charge on any atom is 0.258 e. The van der Waals surface area contributed by atoms with Gasteiger partial charge >= 0.3 is 0 Å². The minimum absolute atomic E-state index is 0.152. The first-order valence-electron chi connectivity index (χ1n) is 7.76. The van der Waals surface area contributed by atoms with Crippen molar-refractivity contribution in [2.75, 3.05) is 18.4 Å². The van der Waals surface area contributed by atoms with E-state index in [0.29, 0.717) is 4.47 Å². The van der Waals surface area contributed by atoms with Crippen LogP contribution in [0.25, 0.3) is 0 Å². The van der Waals surface area contributed by atoms with Gasteiger partial charge in [-0.1, -0.05) is 29.8 Å². The summed E-state index contributed by atoms with van der Waals surface area (Å²) in [4.78, 5) is 12.1. The fourth-order valence-corrected chi connectivity index (χ4v) is 4.18. The number of carbonyl (C=O) groups is 1. The van der Waals surface area contributed by atoms with Crippen molar-refractivity contribution in [1.82, 2.24) is 4.31 Å². The van der Waals surface area contributed by atoms with E-state index in [1.165, 1.54) is 16.4 Å². The fraction of sp³-hybridized carbons (Fsp3) is 0.235. The van der Waals surface area contributed by atoms with Crippen LogP contribution in [0.4, 0.5) is 14.5 Å². The summed E-state index contributed by atoms with van der Waals surface area (Å²) in [6.07, 6.45) is 0. The highest BCUT2D eigenvalue weighted by Gasteiger charge is 2.24. The third kappa shape index (κ3) is 4.28. The molecule has 2 aromatic rings. The van der Waals surface area contributed by atoms with Gasteiger partial charge in [0.1, 0.15) is 11.6 Å². The van der Waals surface area contributed by atoms with Crippen molar-refractivity contribution in [3.05, 3.63) is 58.1 Å². The third-order valence-electron chi connectivity index (χ3n) is 3.70. The molecular weight excluding hydrogens is 430 g/mol. The van der Waals surface area contributed by atoms with Gasteiger partial charge in [-0.15, -0.1) is 0 Å². The van der Waals surface area contributed by atoms with Crippen LogP contribution in [0.15, 0.2) is 45.8 Å². The number of rotatable bonds is 6. The Balaban J connectivity index is 2.41. The Morgan fingerprint density at radius 2 is 1.69 bits per heavy atom. The second-order valence-corrected chi connectivity index (χ2v) is 8.16. The number of nitrogens with one attached hydrogen (secondary N) is 1. The molecule has 5 nitrogen and oxygen atoms in total. The highest BCUT2D eigenvalue weighted by Crippen LogP contribution is 2.23. The molecule has 0 saturated heterocycles. The number of nitrogens with zero attached hydrogens (tertiary/aromatic N) is 1.